The number of hydrogen-bond acceptors (Lipinski definition) is 6. The van der Waals surface area contributed by atoms with Crippen LogP contribution in [0.2, 0.25) is 5.02 Å². The fraction of sp³-hybridized carbons (Fsp3) is 0. The van der Waals surface area contributed by atoms with E-state index in [4.69, 9.17) is 17.4 Å². The molecule has 3 rings (SSSR count). The van der Waals surface area contributed by atoms with Crippen LogP contribution in [0.4, 0.5) is 17.5 Å². The molecule has 4 N–H and O–H groups in total. The number of nitrogens with one attached hydrogen (secondary N) is 2. The fourth-order valence-electron chi connectivity index (χ4n) is 1.73. The summed E-state index contributed by atoms with van der Waals surface area (Å²) < 4.78 is 2.04. The zero-order valence-corrected chi connectivity index (χ0v) is 13.8. The van der Waals surface area contributed by atoms with E-state index >= 15 is 0 Å². The molecule has 0 aliphatic heterocycles. The third-order valence-corrected chi connectivity index (χ3v) is 4.53. The number of halogens is 2. The molecule has 0 atom stereocenters. The van der Waals surface area contributed by atoms with Crippen molar-refractivity contribution < 1.29 is 0 Å². The van der Waals surface area contributed by atoms with Crippen LogP contribution in [-0.4, -0.2) is 9.97 Å². The van der Waals surface area contributed by atoms with Crippen molar-refractivity contribution in [3.8, 4) is 0 Å². The predicted molar refractivity (Wildman–Crippen MR) is 92.7 cm³/mol. The number of thiophene rings is 1. The van der Waals surface area contributed by atoms with Gasteiger partial charge in [-0.25, -0.2) is 10.8 Å². The van der Waals surface area contributed by atoms with Gasteiger partial charge in [-0.05, 0) is 52.2 Å². The maximum atomic E-state index is 6.20. The maximum Gasteiger partial charge on any atom is 0.239 e. The smallest absolute Gasteiger partial charge is 0.239 e. The summed E-state index contributed by atoms with van der Waals surface area (Å²) in [6, 6.07) is 7.67. The second-order valence-corrected chi connectivity index (χ2v) is 6.49. The molecule has 0 radical (unpaired) electrons. The first kappa shape index (κ1) is 13.8. The SMILES string of the molecule is NNc1nc(Nc2cc(I)ccc2Cl)c2sccc2n1. The minimum atomic E-state index is 0.361. The number of aromatic nitrogens is 2. The van der Waals surface area contributed by atoms with E-state index in [2.05, 4.69) is 43.3 Å². The Labute approximate surface area is 137 Å². The van der Waals surface area contributed by atoms with Crippen LogP contribution in [-0.2, 0) is 0 Å². The van der Waals surface area contributed by atoms with E-state index in [1.807, 2.05) is 29.6 Å². The molecular weight excluding hydrogens is 409 g/mol. The fourth-order valence-corrected chi connectivity index (χ4v) is 3.17. The number of anilines is 3. The summed E-state index contributed by atoms with van der Waals surface area (Å²) >= 11 is 9.99. The van der Waals surface area contributed by atoms with Gasteiger partial charge in [-0.2, -0.15) is 4.98 Å². The molecule has 0 bridgehead atoms. The Balaban J connectivity index is 2.09. The van der Waals surface area contributed by atoms with E-state index in [-0.39, 0.29) is 0 Å². The highest BCUT2D eigenvalue weighted by Gasteiger charge is 2.10. The Morgan fingerprint density at radius 1 is 1.25 bits per heavy atom. The van der Waals surface area contributed by atoms with Crippen LogP contribution in [0, 0.1) is 3.57 Å². The van der Waals surface area contributed by atoms with Gasteiger partial charge < -0.3 is 5.32 Å². The molecule has 0 unspecified atom stereocenters. The molecule has 0 saturated heterocycles. The van der Waals surface area contributed by atoms with Crippen molar-refractivity contribution in [1.82, 2.24) is 9.97 Å². The second kappa shape index (κ2) is 5.68. The molecule has 0 fully saturated rings. The van der Waals surface area contributed by atoms with Gasteiger partial charge in [-0.15, -0.1) is 11.3 Å². The van der Waals surface area contributed by atoms with Crippen LogP contribution < -0.4 is 16.6 Å². The third-order valence-electron chi connectivity index (χ3n) is 2.61. The van der Waals surface area contributed by atoms with Crippen molar-refractivity contribution in [2.75, 3.05) is 10.7 Å². The van der Waals surface area contributed by atoms with Crippen LogP contribution in [0.3, 0.4) is 0 Å². The lowest BCUT2D eigenvalue weighted by molar-refractivity contribution is 1.16. The van der Waals surface area contributed by atoms with Gasteiger partial charge in [0.2, 0.25) is 5.95 Å². The van der Waals surface area contributed by atoms with E-state index < -0.39 is 0 Å². The standard InChI is InChI=1S/C12H9ClIN5S/c13-7-2-1-6(14)5-9(7)16-11-10-8(3-4-20-10)17-12(18-11)19-15/h1-5H,15H2,(H2,16,17,18,19). The van der Waals surface area contributed by atoms with Crippen LogP contribution in [0.1, 0.15) is 0 Å². The lowest BCUT2D eigenvalue weighted by Gasteiger charge is -2.10. The zero-order chi connectivity index (χ0) is 14.1. The molecule has 0 amide bonds. The van der Waals surface area contributed by atoms with Crippen LogP contribution in [0.15, 0.2) is 29.6 Å². The van der Waals surface area contributed by atoms with Gasteiger partial charge in [0, 0.05) is 3.57 Å². The van der Waals surface area contributed by atoms with Crippen LogP contribution in [0.25, 0.3) is 10.2 Å². The lowest BCUT2D eigenvalue weighted by Crippen LogP contribution is -2.11. The largest absolute Gasteiger partial charge is 0.338 e. The summed E-state index contributed by atoms with van der Waals surface area (Å²) in [6.45, 7) is 0. The van der Waals surface area contributed by atoms with Crippen molar-refractivity contribution in [3.05, 3.63) is 38.2 Å². The van der Waals surface area contributed by atoms with Gasteiger partial charge in [0.25, 0.3) is 0 Å². The van der Waals surface area contributed by atoms with E-state index in [1.165, 1.54) is 0 Å². The molecular formula is C12H9ClIN5S. The molecule has 1 aromatic carbocycles. The Morgan fingerprint density at radius 2 is 2.10 bits per heavy atom. The minimum Gasteiger partial charge on any atom is -0.338 e. The summed E-state index contributed by atoms with van der Waals surface area (Å²) in [5.74, 6) is 6.44. The summed E-state index contributed by atoms with van der Waals surface area (Å²) in [7, 11) is 0. The molecule has 3 aromatic rings. The molecule has 0 spiro atoms. The monoisotopic (exact) mass is 417 g/mol. The van der Waals surface area contributed by atoms with Crippen molar-refractivity contribution in [2.45, 2.75) is 0 Å². The Morgan fingerprint density at radius 3 is 2.90 bits per heavy atom. The van der Waals surface area contributed by atoms with Gasteiger partial charge in [0.05, 0.1) is 20.9 Å². The average molecular weight is 418 g/mol. The first-order chi connectivity index (χ1) is 9.67. The quantitative estimate of drug-likeness (QED) is 0.341. The predicted octanol–water partition coefficient (Wildman–Crippen LogP) is 3.98. The highest BCUT2D eigenvalue weighted by Crippen LogP contribution is 2.32. The molecule has 102 valence electrons. The Hall–Kier alpha value is -1.16. The summed E-state index contributed by atoms with van der Waals surface area (Å²) in [5, 5.41) is 5.84. The lowest BCUT2D eigenvalue weighted by atomic mass is 10.3. The second-order valence-electron chi connectivity index (χ2n) is 3.92. The van der Waals surface area contributed by atoms with Crippen molar-refractivity contribution in [3.63, 3.8) is 0 Å². The minimum absolute atomic E-state index is 0.361. The molecule has 8 heteroatoms. The summed E-state index contributed by atoms with van der Waals surface area (Å²) in [5.41, 5.74) is 4.11. The molecule has 20 heavy (non-hydrogen) atoms. The van der Waals surface area contributed by atoms with Crippen molar-refractivity contribution >= 4 is 73.2 Å². The number of benzene rings is 1. The van der Waals surface area contributed by atoms with Gasteiger partial charge in [0.15, 0.2) is 5.82 Å². The Kier molecular flexibility index (Phi) is 3.92. The molecule has 5 nitrogen and oxygen atoms in total. The van der Waals surface area contributed by atoms with E-state index in [0.29, 0.717) is 16.8 Å². The van der Waals surface area contributed by atoms with Gasteiger partial charge in [0.1, 0.15) is 0 Å². The molecule has 0 aliphatic carbocycles. The Bertz CT molecular complexity index is 776. The van der Waals surface area contributed by atoms with Crippen LogP contribution >= 0.6 is 45.5 Å². The summed E-state index contributed by atoms with van der Waals surface area (Å²) in [6.07, 6.45) is 0. The van der Waals surface area contributed by atoms with Crippen LogP contribution in [0.5, 0.6) is 0 Å². The third kappa shape index (κ3) is 2.66. The molecule has 0 aliphatic rings. The first-order valence-corrected chi connectivity index (χ1v) is 7.95. The number of rotatable bonds is 3. The van der Waals surface area contributed by atoms with Gasteiger partial charge in [-0.3, -0.25) is 5.43 Å². The maximum absolute atomic E-state index is 6.20. The average Bonchev–Trinajstić information content (AvgIpc) is 2.91. The first-order valence-electron chi connectivity index (χ1n) is 5.61. The number of hydrazine groups is 1. The van der Waals surface area contributed by atoms with Gasteiger partial charge >= 0.3 is 0 Å². The number of fused-ring (bicyclic) bond motifs is 1. The normalized spacial score (nSPS) is 10.8. The highest BCUT2D eigenvalue weighted by molar-refractivity contribution is 14.1. The number of nitrogens with zero attached hydrogens (tertiary/aromatic N) is 2. The molecule has 0 saturated carbocycles. The number of nitrogens with two attached hydrogens (primary N) is 1. The number of hydrogen-bond donors (Lipinski definition) is 3. The zero-order valence-electron chi connectivity index (χ0n) is 10.0. The summed E-state index contributed by atoms with van der Waals surface area (Å²) in [4.78, 5) is 8.63. The number of nitrogen functional groups attached to an aromatic ring is 1. The highest BCUT2D eigenvalue weighted by atomic mass is 127. The van der Waals surface area contributed by atoms with E-state index in [9.17, 15) is 0 Å². The van der Waals surface area contributed by atoms with Gasteiger partial charge in [-0.1, -0.05) is 11.6 Å². The molecule has 2 heterocycles. The van der Waals surface area contributed by atoms with Crippen molar-refractivity contribution in [2.24, 2.45) is 5.84 Å². The van der Waals surface area contributed by atoms with E-state index in [1.54, 1.807) is 11.3 Å². The van der Waals surface area contributed by atoms with E-state index in [0.717, 1.165) is 19.5 Å². The topological polar surface area (TPSA) is 75.9 Å². The molecule has 2 aromatic heterocycles. The van der Waals surface area contributed by atoms with Crippen molar-refractivity contribution in [1.29, 1.82) is 0 Å².